The van der Waals surface area contributed by atoms with E-state index < -0.39 is 0 Å². The monoisotopic (exact) mass is 503 g/mol. The van der Waals surface area contributed by atoms with Crippen molar-refractivity contribution in [2.45, 2.75) is 32.3 Å². The first-order chi connectivity index (χ1) is 16.5. The van der Waals surface area contributed by atoms with Crippen molar-refractivity contribution in [3.63, 3.8) is 0 Å². The Morgan fingerprint density at radius 3 is 2.62 bits per heavy atom. The van der Waals surface area contributed by atoms with Gasteiger partial charge in [0.2, 0.25) is 0 Å². The predicted octanol–water partition coefficient (Wildman–Crippen LogP) is 3.92. The van der Waals surface area contributed by atoms with Crippen molar-refractivity contribution in [1.29, 1.82) is 0 Å². The highest BCUT2D eigenvalue weighted by Gasteiger charge is 2.31. The molecule has 0 bridgehead atoms. The SMILES string of the molecule is C#C.Cc1ncc(N2CCN(C(=O)C3CCCO3)CC2)n1/C=C(\CCN)c1ccc(Cl)cc1Cl. The van der Waals surface area contributed by atoms with Crippen molar-refractivity contribution in [2.24, 2.45) is 5.73 Å². The Kier molecular flexibility index (Phi) is 9.43. The maximum Gasteiger partial charge on any atom is 0.251 e. The highest BCUT2D eigenvalue weighted by atomic mass is 35.5. The zero-order valence-corrected chi connectivity index (χ0v) is 20.9. The molecule has 0 saturated carbocycles. The molecule has 2 aliphatic rings. The van der Waals surface area contributed by atoms with Gasteiger partial charge in [0, 0.05) is 49.0 Å². The maximum atomic E-state index is 12.7. The minimum Gasteiger partial charge on any atom is -0.368 e. The number of nitrogens with zero attached hydrogens (tertiary/aromatic N) is 4. The molecule has 0 radical (unpaired) electrons. The topological polar surface area (TPSA) is 76.6 Å². The van der Waals surface area contributed by atoms with Crippen LogP contribution in [0.1, 0.15) is 30.7 Å². The minimum absolute atomic E-state index is 0.120. The Morgan fingerprint density at radius 2 is 2.00 bits per heavy atom. The summed E-state index contributed by atoms with van der Waals surface area (Å²) in [5.74, 6) is 1.98. The quantitative estimate of drug-likeness (QED) is 0.604. The highest BCUT2D eigenvalue weighted by molar-refractivity contribution is 6.35. The average molecular weight is 504 g/mol. The molecule has 2 fully saturated rings. The lowest BCUT2D eigenvalue weighted by Crippen LogP contribution is -2.51. The number of benzene rings is 1. The third kappa shape index (κ3) is 5.94. The summed E-state index contributed by atoms with van der Waals surface area (Å²) in [4.78, 5) is 21.4. The summed E-state index contributed by atoms with van der Waals surface area (Å²) in [6.07, 6.45) is 14.1. The lowest BCUT2D eigenvalue weighted by molar-refractivity contribution is -0.141. The predicted molar refractivity (Wildman–Crippen MR) is 139 cm³/mol. The van der Waals surface area contributed by atoms with E-state index >= 15 is 0 Å². The average Bonchev–Trinajstić information content (AvgIpc) is 3.51. The second kappa shape index (κ2) is 12.3. The van der Waals surface area contributed by atoms with Crippen LogP contribution < -0.4 is 10.6 Å². The molecular weight excluding hydrogens is 473 g/mol. The number of rotatable bonds is 6. The number of aromatic nitrogens is 2. The normalized spacial score (nSPS) is 18.5. The van der Waals surface area contributed by atoms with Gasteiger partial charge in [-0.05, 0) is 56.0 Å². The van der Waals surface area contributed by atoms with E-state index in [2.05, 4.69) is 33.5 Å². The number of ether oxygens (including phenoxy) is 1. The molecule has 3 heterocycles. The number of amides is 1. The van der Waals surface area contributed by atoms with Crippen LogP contribution in [0.3, 0.4) is 0 Å². The number of terminal acetylenes is 1. The number of imidazole rings is 1. The molecule has 182 valence electrons. The van der Waals surface area contributed by atoms with Crippen molar-refractivity contribution in [1.82, 2.24) is 14.5 Å². The van der Waals surface area contributed by atoms with Gasteiger partial charge in [-0.25, -0.2) is 4.98 Å². The zero-order valence-electron chi connectivity index (χ0n) is 19.4. The molecule has 2 N–H and O–H groups in total. The Balaban J connectivity index is 0.00000158. The lowest BCUT2D eigenvalue weighted by Gasteiger charge is -2.36. The maximum absolute atomic E-state index is 12.7. The molecule has 1 atom stereocenters. The van der Waals surface area contributed by atoms with Crippen LogP contribution in [0.2, 0.25) is 10.0 Å². The number of carbonyl (C=O) groups excluding carboxylic acids is 1. The number of carbonyl (C=O) groups is 1. The first kappa shape index (κ1) is 26.1. The summed E-state index contributed by atoms with van der Waals surface area (Å²) in [6.45, 7) is 5.98. The summed E-state index contributed by atoms with van der Waals surface area (Å²) in [5.41, 5.74) is 7.82. The molecule has 2 saturated heterocycles. The Morgan fingerprint density at radius 1 is 1.26 bits per heavy atom. The van der Waals surface area contributed by atoms with Gasteiger partial charge in [-0.1, -0.05) is 29.3 Å². The summed E-state index contributed by atoms with van der Waals surface area (Å²) < 4.78 is 7.65. The molecule has 7 nitrogen and oxygen atoms in total. The van der Waals surface area contributed by atoms with E-state index in [9.17, 15) is 4.79 Å². The van der Waals surface area contributed by atoms with E-state index in [0.29, 0.717) is 42.7 Å². The van der Waals surface area contributed by atoms with Crippen molar-refractivity contribution >= 4 is 46.7 Å². The van der Waals surface area contributed by atoms with Crippen LogP contribution in [0.5, 0.6) is 0 Å². The van der Waals surface area contributed by atoms with Crippen LogP contribution >= 0.6 is 23.2 Å². The molecule has 1 amide bonds. The standard InChI is InChI=1S/C23H29Cl2N5O2.C2H2/c1-16-27-14-22(28-8-10-29(11-9-28)23(31)21-3-2-12-32-21)30(16)15-17(6-7-26)19-5-4-18(24)13-20(19)25;1-2/h4-5,13-15,21H,2-3,6-12,26H2,1H3;1-2H/b17-15+;. The van der Waals surface area contributed by atoms with Crippen molar-refractivity contribution in [3.8, 4) is 12.8 Å². The third-order valence-electron chi connectivity index (χ3n) is 6.06. The van der Waals surface area contributed by atoms with Gasteiger partial charge < -0.3 is 20.3 Å². The molecule has 34 heavy (non-hydrogen) atoms. The van der Waals surface area contributed by atoms with E-state index in [1.54, 1.807) is 6.07 Å². The third-order valence-corrected chi connectivity index (χ3v) is 6.61. The number of piperazine rings is 1. The molecule has 1 aromatic carbocycles. The highest BCUT2D eigenvalue weighted by Crippen LogP contribution is 2.31. The van der Waals surface area contributed by atoms with Gasteiger partial charge in [0.25, 0.3) is 5.91 Å². The van der Waals surface area contributed by atoms with Gasteiger partial charge in [0.15, 0.2) is 0 Å². The number of nitrogens with two attached hydrogens (primary N) is 1. The molecular formula is C25H31Cl2N5O2. The van der Waals surface area contributed by atoms with Gasteiger partial charge in [-0.3, -0.25) is 9.36 Å². The molecule has 1 aromatic heterocycles. The minimum atomic E-state index is -0.264. The van der Waals surface area contributed by atoms with Gasteiger partial charge in [-0.2, -0.15) is 0 Å². The van der Waals surface area contributed by atoms with Crippen molar-refractivity contribution < 1.29 is 9.53 Å². The van der Waals surface area contributed by atoms with Crippen LogP contribution in [0.15, 0.2) is 24.4 Å². The van der Waals surface area contributed by atoms with Crippen LogP contribution in [0.4, 0.5) is 5.82 Å². The van der Waals surface area contributed by atoms with E-state index in [0.717, 1.165) is 48.7 Å². The Bertz CT molecular complexity index is 1040. The summed E-state index contributed by atoms with van der Waals surface area (Å²) in [6, 6.07) is 5.50. The number of aryl methyl sites for hydroxylation is 1. The van der Waals surface area contributed by atoms with Gasteiger partial charge in [0.05, 0.1) is 6.20 Å². The second-order valence-electron chi connectivity index (χ2n) is 8.16. The number of anilines is 1. The van der Waals surface area contributed by atoms with Crippen LogP contribution in [-0.4, -0.2) is 65.8 Å². The molecule has 2 aromatic rings. The number of hydrogen-bond donors (Lipinski definition) is 1. The summed E-state index contributed by atoms with van der Waals surface area (Å²) in [7, 11) is 0. The Hall–Kier alpha value is -2.50. The summed E-state index contributed by atoms with van der Waals surface area (Å²) in [5, 5.41) is 1.19. The first-order valence-corrected chi connectivity index (χ1v) is 12.1. The first-order valence-electron chi connectivity index (χ1n) is 11.4. The van der Waals surface area contributed by atoms with E-state index in [1.165, 1.54) is 0 Å². The smallest absolute Gasteiger partial charge is 0.251 e. The van der Waals surface area contributed by atoms with Gasteiger partial charge in [-0.15, -0.1) is 12.8 Å². The summed E-state index contributed by atoms with van der Waals surface area (Å²) >= 11 is 12.6. The fourth-order valence-corrected chi connectivity index (χ4v) is 4.83. The van der Waals surface area contributed by atoms with Crippen LogP contribution in [0, 0.1) is 19.8 Å². The van der Waals surface area contributed by atoms with Gasteiger partial charge >= 0.3 is 0 Å². The number of halogens is 2. The van der Waals surface area contributed by atoms with Gasteiger partial charge in [0.1, 0.15) is 17.7 Å². The molecule has 0 aliphatic carbocycles. The van der Waals surface area contributed by atoms with E-state index in [-0.39, 0.29) is 12.0 Å². The molecule has 1 unspecified atom stereocenters. The lowest BCUT2D eigenvalue weighted by atomic mass is 10.0. The molecule has 9 heteroatoms. The number of hydrogen-bond acceptors (Lipinski definition) is 5. The van der Waals surface area contributed by atoms with E-state index in [1.807, 2.05) is 30.2 Å². The van der Waals surface area contributed by atoms with Crippen molar-refractivity contribution in [3.05, 3.63) is 45.8 Å². The largest absolute Gasteiger partial charge is 0.368 e. The van der Waals surface area contributed by atoms with Crippen molar-refractivity contribution in [2.75, 3.05) is 44.2 Å². The molecule has 4 rings (SSSR count). The zero-order chi connectivity index (χ0) is 24.7. The molecule has 0 spiro atoms. The molecule has 2 aliphatic heterocycles. The Labute approximate surface area is 211 Å². The van der Waals surface area contributed by atoms with Crippen LogP contribution in [-0.2, 0) is 9.53 Å². The fourth-order valence-electron chi connectivity index (χ4n) is 4.30. The fraction of sp³-hybridized carbons (Fsp3) is 0.440. The second-order valence-corrected chi connectivity index (χ2v) is 9.01. The van der Waals surface area contributed by atoms with Crippen LogP contribution in [0.25, 0.3) is 11.8 Å². The van der Waals surface area contributed by atoms with E-state index in [4.69, 9.17) is 33.7 Å².